The van der Waals surface area contributed by atoms with Gasteiger partial charge in [-0.05, 0) is 44.5 Å². The zero-order valence-electron chi connectivity index (χ0n) is 30.0. The van der Waals surface area contributed by atoms with Crippen molar-refractivity contribution in [2.75, 3.05) is 33.1 Å². The fourth-order valence-electron chi connectivity index (χ4n) is 6.50. The van der Waals surface area contributed by atoms with Crippen molar-refractivity contribution in [3.05, 3.63) is 52.5 Å². The zero-order chi connectivity index (χ0) is 34.8. The number of likely N-dealkylation sites (tertiary alicyclic amines) is 1. The molecule has 2 fully saturated rings. The first kappa shape index (κ1) is 36.6. The highest BCUT2D eigenvalue weighted by molar-refractivity contribution is 6.76. The number of amides is 1. The van der Waals surface area contributed by atoms with Crippen LogP contribution in [0.4, 0.5) is 0 Å². The van der Waals surface area contributed by atoms with Crippen molar-refractivity contribution in [2.24, 2.45) is 5.92 Å². The van der Waals surface area contributed by atoms with E-state index in [0.717, 1.165) is 18.5 Å². The summed E-state index contributed by atoms with van der Waals surface area (Å²) in [7, 11) is -2.58. The lowest BCUT2D eigenvalue weighted by molar-refractivity contribution is -0.133. The number of hydrogen-bond acceptors (Lipinski definition) is 9. The van der Waals surface area contributed by atoms with Gasteiger partial charge in [0.05, 0.1) is 29.6 Å². The molecule has 264 valence electrons. The molecular weight excluding hydrogens is 643 g/mol. The summed E-state index contributed by atoms with van der Waals surface area (Å²) < 4.78 is 19.7. The fraction of sp³-hybridized carbons (Fsp3) is 0.629. The van der Waals surface area contributed by atoms with Gasteiger partial charge in [0.15, 0.2) is 6.79 Å². The number of allylic oxidation sites excluding steroid dienone is 2. The molecule has 2 unspecified atom stereocenters. The number of para-hydroxylation sites is 1. The molecular formula is C35H55N5O6Si2. The normalized spacial score (nSPS) is 24.0. The Morgan fingerprint density at radius 3 is 2.44 bits per heavy atom. The van der Waals surface area contributed by atoms with Crippen molar-refractivity contribution < 1.29 is 24.1 Å². The summed E-state index contributed by atoms with van der Waals surface area (Å²) in [5, 5.41) is 11.9. The summed E-state index contributed by atoms with van der Waals surface area (Å²) in [6.07, 6.45) is 6.00. The van der Waals surface area contributed by atoms with E-state index in [1.165, 1.54) is 0 Å². The minimum Gasteiger partial charge on any atom is -0.465 e. The molecule has 2 saturated heterocycles. The van der Waals surface area contributed by atoms with Gasteiger partial charge >= 0.3 is 0 Å². The Kier molecular flexibility index (Phi) is 11.5. The van der Waals surface area contributed by atoms with E-state index in [-0.39, 0.29) is 48.9 Å². The lowest BCUT2D eigenvalue weighted by atomic mass is 9.88. The lowest BCUT2D eigenvalue weighted by Crippen LogP contribution is -2.49. The van der Waals surface area contributed by atoms with Gasteiger partial charge in [-0.1, -0.05) is 63.6 Å². The van der Waals surface area contributed by atoms with E-state index in [0.29, 0.717) is 48.7 Å². The van der Waals surface area contributed by atoms with Crippen LogP contribution in [0.2, 0.25) is 51.4 Å². The molecule has 1 aromatic heterocycles. The second kappa shape index (κ2) is 15.1. The van der Waals surface area contributed by atoms with Gasteiger partial charge in [0.25, 0.3) is 5.56 Å². The molecule has 5 atom stereocenters. The van der Waals surface area contributed by atoms with Gasteiger partial charge in [-0.2, -0.15) is 0 Å². The van der Waals surface area contributed by atoms with Crippen molar-refractivity contribution in [3.63, 3.8) is 0 Å². The van der Waals surface area contributed by atoms with Crippen molar-refractivity contribution in [2.45, 2.75) is 103 Å². The largest absolute Gasteiger partial charge is 0.465 e. The summed E-state index contributed by atoms with van der Waals surface area (Å²) in [6.45, 7) is 20.5. The number of nitrogens with zero attached hydrogens (tertiary/aromatic N) is 4. The van der Waals surface area contributed by atoms with Crippen LogP contribution in [0.1, 0.15) is 26.0 Å². The van der Waals surface area contributed by atoms with Crippen LogP contribution in [-0.2, 0) is 21.0 Å². The Morgan fingerprint density at radius 1 is 1.06 bits per heavy atom. The smallest absolute Gasteiger partial charge is 0.279 e. The maximum Gasteiger partial charge on any atom is 0.279 e. The molecule has 1 aliphatic carbocycles. The van der Waals surface area contributed by atoms with Gasteiger partial charge in [0, 0.05) is 54.1 Å². The average Bonchev–Trinajstić information content (AvgIpc) is 3.51. The number of rotatable bonds is 15. The number of benzene rings is 1. The molecule has 1 amide bonds. The number of hydrogen-bond donors (Lipinski definition) is 2. The number of β-amino-alcohol motifs (C(OH)–C–C–N with tert-alkyl or cyclic N) is 1. The molecule has 0 saturated carbocycles. The first-order chi connectivity index (χ1) is 22.6. The molecule has 0 spiro atoms. The molecule has 13 heteroatoms. The summed E-state index contributed by atoms with van der Waals surface area (Å²) in [6, 6.07) is 7.22. The molecule has 5 rings (SSSR count). The molecule has 3 aliphatic rings. The van der Waals surface area contributed by atoms with E-state index < -0.39 is 28.1 Å². The van der Waals surface area contributed by atoms with Gasteiger partial charge in [-0.3, -0.25) is 24.1 Å². The second-order valence-electron chi connectivity index (χ2n) is 16.0. The SMILES string of the molecule is C[C@@H]1C[C@@H](O)CN1C[C@H](C)N1NC2C(c3nc4c(OCOCC[Si](C)(C)C)cccc4n(COCC[Si](C)(C)C)c3=O)=CC=CC2C1=O. The predicted octanol–water partition coefficient (Wildman–Crippen LogP) is 4.53. The molecule has 48 heavy (non-hydrogen) atoms. The molecule has 2 aromatic rings. The van der Waals surface area contributed by atoms with Crippen LogP contribution < -0.4 is 15.7 Å². The average molecular weight is 698 g/mol. The minimum absolute atomic E-state index is 0.0444. The third kappa shape index (κ3) is 8.73. The zero-order valence-corrected chi connectivity index (χ0v) is 32.0. The Labute approximate surface area is 286 Å². The number of ether oxygens (including phenoxy) is 3. The first-order valence-electron chi connectivity index (χ1n) is 17.3. The van der Waals surface area contributed by atoms with Crippen molar-refractivity contribution in [1.82, 2.24) is 24.9 Å². The number of aliphatic hydroxyl groups is 1. The van der Waals surface area contributed by atoms with Crippen molar-refractivity contribution in [3.8, 4) is 5.75 Å². The summed E-state index contributed by atoms with van der Waals surface area (Å²) in [4.78, 5) is 35.2. The topological polar surface area (TPSA) is 118 Å². The van der Waals surface area contributed by atoms with E-state index >= 15 is 0 Å². The van der Waals surface area contributed by atoms with Crippen LogP contribution >= 0.6 is 0 Å². The summed E-state index contributed by atoms with van der Waals surface area (Å²) in [5.41, 5.74) is 5.24. The lowest BCUT2D eigenvalue weighted by Gasteiger charge is -2.31. The fourth-order valence-corrected chi connectivity index (χ4v) is 8.01. The highest BCUT2D eigenvalue weighted by Gasteiger charge is 2.45. The third-order valence-electron chi connectivity index (χ3n) is 9.43. The Morgan fingerprint density at radius 2 is 1.77 bits per heavy atom. The van der Waals surface area contributed by atoms with Crippen molar-refractivity contribution >= 4 is 38.7 Å². The molecule has 3 heterocycles. The number of fused-ring (bicyclic) bond motifs is 2. The van der Waals surface area contributed by atoms with Gasteiger partial charge in [0.2, 0.25) is 5.91 Å². The third-order valence-corrected chi connectivity index (χ3v) is 12.8. The highest BCUT2D eigenvalue weighted by Crippen LogP contribution is 2.34. The van der Waals surface area contributed by atoms with Gasteiger partial charge < -0.3 is 19.3 Å². The van der Waals surface area contributed by atoms with Crippen LogP contribution in [0.3, 0.4) is 0 Å². The molecule has 0 bridgehead atoms. The molecule has 1 aromatic carbocycles. The van der Waals surface area contributed by atoms with Crippen LogP contribution in [0, 0.1) is 5.92 Å². The molecule has 0 radical (unpaired) electrons. The highest BCUT2D eigenvalue weighted by atomic mass is 28.3. The van der Waals surface area contributed by atoms with Gasteiger partial charge in [-0.25, -0.2) is 10.4 Å². The molecule has 11 nitrogen and oxygen atoms in total. The standard InChI is InChI=1S/C35H55N5O6Si2/c1-24-19-26(41)21-38(24)20-25(2)40-34(42)28-12-9-11-27(31(28)37-40)32-35(43)39(22-44-15-17-47(3,4)5)29-13-10-14-30(33(29)36-32)46-23-45-16-18-48(6,7)8/h9-14,24-26,28,31,37,41H,15-23H2,1-8H3/t24-,25+,26-,28?,31?/m1/s1. The number of carbonyl (C=O) groups is 1. The Hall–Kier alpha value is -2.66. The minimum atomic E-state index is -1.33. The van der Waals surface area contributed by atoms with Crippen LogP contribution in [0.25, 0.3) is 16.6 Å². The van der Waals surface area contributed by atoms with E-state index in [2.05, 4.69) is 56.5 Å². The van der Waals surface area contributed by atoms with Crippen LogP contribution in [0.15, 0.2) is 41.2 Å². The predicted molar refractivity (Wildman–Crippen MR) is 195 cm³/mol. The number of aromatic nitrogens is 2. The molecule has 2 N–H and O–H groups in total. The summed E-state index contributed by atoms with van der Waals surface area (Å²) in [5.74, 6) is 0.00408. The maximum absolute atomic E-state index is 14.3. The number of hydrazine groups is 1. The molecule has 2 aliphatic heterocycles. The number of nitrogens with one attached hydrogen (secondary N) is 1. The summed E-state index contributed by atoms with van der Waals surface area (Å²) >= 11 is 0. The van der Waals surface area contributed by atoms with Crippen molar-refractivity contribution in [1.29, 1.82) is 0 Å². The Balaban J connectivity index is 1.44. The van der Waals surface area contributed by atoms with E-state index in [1.54, 1.807) is 9.58 Å². The number of aliphatic hydroxyl groups excluding tert-OH is 1. The second-order valence-corrected chi connectivity index (χ2v) is 27.3. The number of carbonyl (C=O) groups excluding carboxylic acids is 1. The van der Waals surface area contributed by atoms with E-state index in [4.69, 9.17) is 19.2 Å². The first-order valence-corrected chi connectivity index (χ1v) is 24.8. The Bertz CT molecular complexity index is 1580. The maximum atomic E-state index is 14.3. The quantitative estimate of drug-likeness (QED) is 0.157. The van der Waals surface area contributed by atoms with Crippen LogP contribution in [0.5, 0.6) is 5.75 Å². The van der Waals surface area contributed by atoms with E-state index in [1.807, 2.05) is 43.4 Å². The monoisotopic (exact) mass is 697 g/mol. The van der Waals surface area contributed by atoms with Crippen LogP contribution in [-0.4, -0.2) is 104 Å². The van der Waals surface area contributed by atoms with Gasteiger partial charge in [0.1, 0.15) is 23.7 Å². The van der Waals surface area contributed by atoms with Gasteiger partial charge in [-0.15, -0.1) is 0 Å². The van der Waals surface area contributed by atoms with E-state index in [9.17, 15) is 14.7 Å².